The zero-order chi connectivity index (χ0) is 23.9. The fraction of sp³-hybridized carbons (Fsp3) is 0. The minimum atomic E-state index is 0.286. The van der Waals surface area contributed by atoms with Crippen molar-refractivity contribution in [1.82, 2.24) is 14.0 Å². The maximum atomic E-state index is 7.60. The van der Waals surface area contributed by atoms with Crippen LogP contribution < -0.4 is 5.73 Å². The first-order valence-electron chi connectivity index (χ1n) is 11.3. The molecule has 1 aliphatic rings. The molecule has 2 heterocycles. The van der Waals surface area contributed by atoms with Gasteiger partial charge in [0.2, 0.25) is 5.78 Å². The van der Waals surface area contributed by atoms with E-state index in [9.17, 15) is 0 Å². The molecule has 0 aliphatic heterocycles. The number of aromatic nitrogens is 3. The van der Waals surface area contributed by atoms with Crippen molar-refractivity contribution in [2.75, 3.05) is 5.73 Å². The fourth-order valence-electron chi connectivity index (χ4n) is 4.50. The summed E-state index contributed by atoms with van der Waals surface area (Å²) in [7, 11) is 0. The maximum Gasteiger partial charge on any atom is 0.220 e. The average Bonchev–Trinajstić information content (AvgIpc) is 3.42. The number of nitrogen functional groups attached to an aromatic ring is 1. The zero-order valence-electron chi connectivity index (χ0n) is 18.8. The Morgan fingerprint density at radius 3 is 2.11 bits per heavy atom. The molecule has 0 saturated carbocycles. The monoisotopic (exact) mass is 454 g/mol. The largest absolute Gasteiger partial charge is 0.399 e. The molecule has 0 fully saturated rings. The van der Waals surface area contributed by atoms with Gasteiger partial charge in [0.1, 0.15) is 0 Å². The normalized spacial score (nSPS) is 12.7. The van der Waals surface area contributed by atoms with Crippen LogP contribution in [0.4, 0.5) is 5.69 Å². The number of nitrogens with one attached hydrogen (secondary N) is 2. The van der Waals surface area contributed by atoms with Crippen molar-refractivity contribution in [1.29, 1.82) is 10.8 Å². The van der Waals surface area contributed by atoms with Crippen LogP contribution in [-0.2, 0) is 0 Å². The quantitative estimate of drug-likeness (QED) is 0.261. The number of hydrogen-bond donors (Lipinski definition) is 3. The van der Waals surface area contributed by atoms with Crippen molar-refractivity contribution in [2.24, 2.45) is 0 Å². The molecule has 6 nitrogen and oxygen atoms in total. The SMILES string of the molecule is N=C1C=Cc2ccccc2C1=N.Nc1ccc(-n2c3ccccc3n3c4ccccc4nc23)cc1. The van der Waals surface area contributed by atoms with E-state index in [4.69, 9.17) is 21.5 Å². The molecular weight excluding hydrogens is 432 g/mol. The molecule has 2 aromatic heterocycles. The lowest BCUT2D eigenvalue weighted by molar-refractivity contribution is 1.11. The third kappa shape index (κ3) is 3.40. The van der Waals surface area contributed by atoms with Gasteiger partial charge in [0.15, 0.2) is 0 Å². The van der Waals surface area contributed by atoms with Crippen LogP contribution >= 0.6 is 0 Å². The van der Waals surface area contributed by atoms with Crippen molar-refractivity contribution < 1.29 is 0 Å². The minimum absolute atomic E-state index is 0.286. The molecule has 35 heavy (non-hydrogen) atoms. The number of nitrogens with zero attached hydrogens (tertiary/aromatic N) is 3. The summed E-state index contributed by atoms with van der Waals surface area (Å²) in [6.45, 7) is 0. The van der Waals surface area contributed by atoms with E-state index in [2.05, 4.69) is 39.3 Å². The molecule has 168 valence electrons. The van der Waals surface area contributed by atoms with E-state index < -0.39 is 0 Å². The summed E-state index contributed by atoms with van der Waals surface area (Å²) in [5.74, 6) is 0.914. The van der Waals surface area contributed by atoms with Crippen LogP contribution in [0.25, 0.3) is 39.6 Å². The molecule has 0 amide bonds. The Labute approximate surface area is 201 Å². The lowest BCUT2D eigenvalue weighted by Crippen LogP contribution is -2.15. The molecule has 4 aromatic carbocycles. The molecule has 6 aromatic rings. The van der Waals surface area contributed by atoms with Crippen LogP contribution in [0.2, 0.25) is 0 Å². The van der Waals surface area contributed by atoms with Crippen LogP contribution in [-0.4, -0.2) is 25.4 Å². The van der Waals surface area contributed by atoms with Gasteiger partial charge in [-0.15, -0.1) is 0 Å². The predicted octanol–water partition coefficient (Wildman–Crippen LogP) is 6.11. The highest BCUT2D eigenvalue weighted by molar-refractivity contribution is 6.52. The Morgan fingerprint density at radius 1 is 0.657 bits per heavy atom. The molecule has 0 unspecified atom stereocenters. The standard InChI is InChI=1S/C19H14N4.C10H8N2/c20-13-9-11-14(12-10-13)22-17-7-3-4-8-18(17)23-16-6-2-1-5-15(16)21-19(22)23;11-9-6-5-7-3-1-2-4-8(7)10(9)12/h1-12H,20H2;1-6,11-12H. The Balaban J connectivity index is 0.000000161. The van der Waals surface area contributed by atoms with Crippen molar-refractivity contribution in [3.63, 3.8) is 0 Å². The Kier molecular flexibility index (Phi) is 4.78. The van der Waals surface area contributed by atoms with Gasteiger partial charge in [-0.1, -0.05) is 54.6 Å². The predicted molar refractivity (Wildman–Crippen MR) is 144 cm³/mol. The summed E-state index contributed by atoms with van der Waals surface area (Å²) in [4.78, 5) is 4.85. The van der Waals surface area contributed by atoms with Gasteiger partial charge >= 0.3 is 0 Å². The molecule has 0 saturated heterocycles. The second-order valence-electron chi connectivity index (χ2n) is 8.36. The van der Waals surface area contributed by atoms with Crippen LogP contribution in [0, 0.1) is 10.8 Å². The van der Waals surface area contributed by atoms with E-state index in [1.165, 1.54) is 0 Å². The highest BCUT2D eigenvalue weighted by Crippen LogP contribution is 2.29. The van der Waals surface area contributed by atoms with Crippen molar-refractivity contribution in [3.05, 3.63) is 114 Å². The lowest BCUT2D eigenvalue weighted by atomic mass is 9.94. The third-order valence-electron chi connectivity index (χ3n) is 6.19. The van der Waals surface area contributed by atoms with Gasteiger partial charge in [-0.2, -0.15) is 0 Å². The number of fused-ring (bicyclic) bond motifs is 6. The highest BCUT2D eigenvalue weighted by atomic mass is 15.2. The van der Waals surface area contributed by atoms with E-state index in [-0.39, 0.29) is 5.71 Å². The first-order chi connectivity index (χ1) is 17.1. The first-order valence-corrected chi connectivity index (χ1v) is 11.3. The number of imidazole rings is 2. The van der Waals surface area contributed by atoms with Gasteiger partial charge in [0.05, 0.1) is 33.5 Å². The number of anilines is 1. The fourth-order valence-corrected chi connectivity index (χ4v) is 4.50. The highest BCUT2D eigenvalue weighted by Gasteiger charge is 2.16. The van der Waals surface area contributed by atoms with E-state index in [1.807, 2.05) is 72.8 Å². The molecule has 0 atom stereocenters. The summed E-state index contributed by atoms with van der Waals surface area (Å²) in [5, 5.41) is 15.0. The Morgan fingerprint density at radius 2 is 1.31 bits per heavy atom. The van der Waals surface area contributed by atoms with Crippen molar-refractivity contribution >= 4 is 51.0 Å². The van der Waals surface area contributed by atoms with Gasteiger partial charge in [-0.25, -0.2) is 4.98 Å². The molecule has 0 spiro atoms. The summed E-state index contributed by atoms with van der Waals surface area (Å²) < 4.78 is 4.38. The van der Waals surface area contributed by atoms with Gasteiger partial charge in [0, 0.05) is 16.9 Å². The van der Waals surface area contributed by atoms with Gasteiger partial charge in [-0.3, -0.25) is 19.8 Å². The number of nitrogens with two attached hydrogens (primary N) is 1. The number of rotatable bonds is 1. The summed E-state index contributed by atoms with van der Waals surface area (Å²) >= 11 is 0. The number of para-hydroxylation sites is 4. The lowest BCUT2D eigenvalue weighted by Gasteiger charge is -2.10. The molecule has 7 rings (SSSR count). The van der Waals surface area contributed by atoms with Crippen LogP contribution in [0.5, 0.6) is 0 Å². The number of hydrogen-bond acceptors (Lipinski definition) is 4. The van der Waals surface area contributed by atoms with E-state index in [0.717, 1.165) is 50.3 Å². The van der Waals surface area contributed by atoms with Crippen LogP contribution in [0.3, 0.4) is 0 Å². The summed E-state index contributed by atoms with van der Waals surface area (Å²) in [5.41, 5.74) is 14.5. The van der Waals surface area contributed by atoms with Gasteiger partial charge < -0.3 is 5.73 Å². The molecule has 0 bridgehead atoms. The summed E-state index contributed by atoms with van der Waals surface area (Å²) in [6, 6.07) is 32.1. The number of allylic oxidation sites excluding steroid dienone is 1. The van der Waals surface area contributed by atoms with E-state index in [1.54, 1.807) is 6.08 Å². The molecule has 0 radical (unpaired) electrons. The molecule has 1 aliphatic carbocycles. The van der Waals surface area contributed by atoms with Crippen LogP contribution in [0.1, 0.15) is 11.1 Å². The molecule has 4 N–H and O–H groups in total. The minimum Gasteiger partial charge on any atom is -0.399 e. The van der Waals surface area contributed by atoms with E-state index >= 15 is 0 Å². The smallest absolute Gasteiger partial charge is 0.220 e. The summed E-state index contributed by atoms with van der Waals surface area (Å²) in [6.07, 6.45) is 3.53. The van der Waals surface area contributed by atoms with Gasteiger partial charge in [0.25, 0.3) is 0 Å². The average molecular weight is 455 g/mol. The Bertz CT molecular complexity index is 1780. The van der Waals surface area contributed by atoms with Crippen molar-refractivity contribution in [3.8, 4) is 5.69 Å². The second kappa shape index (κ2) is 8.11. The zero-order valence-corrected chi connectivity index (χ0v) is 18.8. The van der Waals surface area contributed by atoms with Gasteiger partial charge in [-0.05, 0) is 60.2 Å². The van der Waals surface area contributed by atoms with E-state index in [0.29, 0.717) is 5.71 Å². The van der Waals surface area contributed by atoms with Crippen molar-refractivity contribution in [2.45, 2.75) is 0 Å². The Hall–Kier alpha value is -4.97. The topological polar surface area (TPSA) is 96.0 Å². The molecular formula is C29H22N6. The second-order valence-corrected chi connectivity index (χ2v) is 8.36. The first kappa shape index (κ1) is 20.6. The maximum absolute atomic E-state index is 7.60. The van der Waals surface area contributed by atoms with Crippen LogP contribution in [0.15, 0.2) is 103 Å². The third-order valence-corrected chi connectivity index (χ3v) is 6.19. The molecule has 6 heteroatoms. The number of benzene rings is 4.